The predicted molar refractivity (Wildman–Crippen MR) is 116 cm³/mol. The summed E-state index contributed by atoms with van der Waals surface area (Å²) in [6.45, 7) is 3.93. The molecule has 2 aliphatic carbocycles. The number of nitrogens with zero attached hydrogens (tertiary/aromatic N) is 2. The first kappa shape index (κ1) is 23.2. The first-order valence-electron chi connectivity index (χ1n) is 11.3. The van der Waals surface area contributed by atoms with E-state index in [4.69, 9.17) is 0 Å². The topological polar surface area (TPSA) is 110 Å². The monoisotopic (exact) mass is 430 g/mol. The zero-order valence-electron chi connectivity index (χ0n) is 18.8. The molecule has 2 saturated carbocycles. The maximum atomic E-state index is 13.3. The normalized spacial score (nSPS) is 19.8. The minimum absolute atomic E-state index is 0.00773. The molecule has 2 amide bonds. The van der Waals surface area contributed by atoms with E-state index in [0.29, 0.717) is 31.5 Å². The van der Waals surface area contributed by atoms with Crippen LogP contribution in [0.4, 0.5) is 5.82 Å². The number of amides is 2. The Labute approximate surface area is 183 Å². The van der Waals surface area contributed by atoms with Crippen LogP contribution >= 0.6 is 0 Å². The molecule has 2 fully saturated rings. The summed E-state index contributed by atoms with van der Waals surface area (Å²) in [6, 6.07) is 1.00. The molecule has 1 heterocycles. The van der Waals surface area contributed by atoms with Crippen molar-refractivity contribution < 1.29 is 19.2 Å². The second-order valence-electron chi connectivity index (χ2n) is 9.63. The van der Waals surface area contributed by atoms with Crippen LogP contribution in [0.5, 0.6) is 0 Å². The van der Waals surface area contributed by atoms with Gasteiger partial charge < -0.3 is 10.6 Å². The molecule has 0 bridgehead atoms. The number of nitrogens with one attached hydrogen (secondary N) is 2. The molecular weight excluding hydrogens is 396 g/mol. The molecule has 8 nitrogen and oxygen atoms in total. The van der Waals surface area contributed by atoms with Gasteiger partial charge in [-0.25, -0.2) is 0 Å². The van der Waals surface area contributed by atoms with Crippen LogP contribution in [0, 0.1) is 10.8 Å². The van der Waals surface area contributed by atoms with Gasteiger partial charge in [0, 0.05) is 37.6 Å². The van der Waals surface area contributed by atoms with Gasteiger partial charge in [-0.3, -0.25) is 23.9 Å². The lowest BCUT2D eigenvalue weighted by Gasteiger charge is -2.40. The van der Waals surface area contributed by atoms with E-state index in [-0.39, 0.29) is 23.5 Å². The highest BCUT2D eigenvalue weighted by Gasteiger charge is 2.49. The lowest BCUT2D eigenvalue weighted by molar-refractivity contribution is -0.147. The average Bonchev–Trinajstić information content (AvgIpc) is 3.31. The van der Waals surface area contributed by atoms with Crippen molar-refractivity contribution in [2.75, 3.05) is 5.32 Å². The molecule has 8 heteroatoms. The second-order valence-corrected chi connectivity index (χ2v) is 9.63. The van der Waals surface area contributed by atoms with Crippen molar-refractivity contribution in [2.24, 2.45) is 17.9 Å². The molecule has 0 saturated heterocycles. The van der Waals surface area contributed by atoms with Gasteiger partial charge in [0.15, 0.2) is 11.6 Å². The number of rotatable bonds is 10. The molecule has 1 aromatic heterocycles. The van der Waals surface area contributed by atoms with Crippen LogP contribution in [0.1, 0.15) is 78.1 Å². The van der Waals surface area contributed by atoms with Gasteiger partial charge in [-0.1, -0.05) is 33.1 Å². The summed E-state index contributed by atoms with van der Waals surface area (Å²) in [7, 11) is 1.72. The zero-order valence-corrected chi connectivity index (χ0v) is 18.8. The molecule has 31 heavy (non-hydrogen) atoms. The summed E-state index contributed by atoms with van der Waals surface area (Å²) in [5.74, 6) is -1.30. The predicted octanol–water partition coefficient (Wildman–Crippen LogP) is 2.92. The largest absolute Gasteiger partial charge is 0.346 e. The fraction of sp³-hybridized carbons (Fsp3) is 0.696. The summed E-state index contributed by atoms with van der Waals surface area (Å²) in [5.41, 5.74) is -0.948. The summed E-state index contributed by atoms with van der Waals surface area (Å²) >= 11 is 0. The second kappa shape index (κ2) is 9.32. The molecule has 2 aliphatic rings. The lowest BCUT2D eigenvalue weighted by atomic mass is 9.62. The van der Waals surface area contributed by atoms with E-state index in [2.05, 4.69) is 22.7 Å². The summed E-state index contributed by atoms with van der Waals surface area (Å²) in [4.78, 5) is 51.0. The smallest absolute Gasteiger partial charge is 0.293 e. The van der Waals surface area contributed by atoms with Crippen molar-refractivity contribution in [3.05, 3.63) is 12.3 Å². The molecule has 2 N–H and O–H groups in total. The number of carbonyl (C=O) groups is 4. The summed E-state index contributed by atoms with van der Waals surface area (Å²) < 4.78 is 1.54. The number of ketones is 2. The Morgan fingerprint density at radius 1 is 1.13 bits per heavy atom. The third-order valence-electron chi connectivity index (χ3n) is 7.02. The average molecular weight is 431 g/mol. The number of Topliss-reactive ketones (excluding diaryl/α,β-unsaturated/α-hetero) is 2. The first-order chi connectivity index (χ1) is 14.7. The van der Waals surface area contributed by atoms with Crippen LogP contribution in [0.2, 0.25) is 0 Å². The van der Waals surface area contributed by atoms with E-state index in [9.17, 15) is 19.2 Å². The number of aromatic nitrogens is 2. The van der Waals surface area contributed by atoms with E-state index in [1.54, 1.807) is 26.2 Å². The Hall–Kier alpha value is -2.51. The molecule has 1 aromatic rings. The van der Waals surface area contributed by atoms with Crippen LogP contribution < -0.4 is 10.6 Å². The Kier molecular flexibility index (Phi) is 6.96. The third-order valence-corrected chi connectivity index (χ3v) is 7.02. The van der Waals surface area contributed by atoms with Crippen molar-refractivity contribution in [3.63, 3.8) is 0 Å². The quantitative estimate of drug-likeness (QED) is 0.555. The number of hydrogen-bond acceptors (Lipinski definition) is 5. The number of carbonyl (C=O) groups excluding carboxylic acids is 4. The Morgan fingerprint density at radius 3 is 2.32 bits per heavy atom. The Balaban J connectivity index is 1.70. The van der Waals surface area contributed by atoms with Gasteiger partial charge in [0.25, 0.3) is 5.91 Å². The third kappa shape index (κ3) is 5.40. The molecule has 3 rings (SSSR count). The minimum Gasteiger partial charge on any atom is -0.346 e. The van der Waals surface area contributed by atoms with Gasteiger partial charge >= 0.3 is 0 Å². The molecule has 1 unspecified atom stereocenters. The highest BCUT2D eigenvalue weighted by Crippen LogP contribution is 2.47. The van der Waals surface area contributed by atoms with E-state index < -0.39 is 23.1 Å². The van der Waals surface area contributed by atoms with E-state index in [0.717, 1.165) is 32.1 Å². The Bertz CT molecular complexity index is 850. The van der Waals surface area contributed by atoms with Gasteiger partial charge in [0.1, 0.15) is 0 Å². The Morgan fingerprint density at radius 2 is 1.81 bits per heavy atom. The highest BCUT2D eigenvalue weighted by molar-refractivity contribution is 6.42. The van der Waals surface area contributed by atoms with Crippen LogP contribution in [0.15, 0.2) is 12.3 Å². The summed E-state index contributed by atoms with van der Waals surface area (Å²) in [5, 5.41) is 9.50. The molecule has 0 radical (unpaired) electrons. The van der Waals surface area contributed by atoms with E-state index >= 15 is 0 Å². The highest BCUT2D eigenvalue weighted by atomic mass is 16.2. The molecular formula is C23H34N4O4. The van der Waals surface area contributed by atoms with Gasteiger partial charge in [-0.2, -0.15) is 5.10 Å². The molecule has 170 valence electrons. The summed E-state index contributed by atoms with van der Waals surface area (Å²) in [6.07, 6.45) is 8.73. The molecule has 1 atom stereocenters. The fourth-order valence-corrected chi connectivity index (χ4v) is 4.91. The molecule has 0 aromatic carbocycles. The number of aryl methyl sites for hydroxylation is 1. The van der Waals surface area contributed by atoms with Gasteiger partial charge in [-0.05, 0) is 37.5 Å². The van der Waals surface area contributed by atoms with Crippen LogP contribution in [0.3, 0.4) is 0 Å². The molecule has 0 spiro atoms. The van der Waals surface area contributed by atoms with E-state index in [1.807, 2.05) is 0 Å². The lowest BCUT2D eigenvalue weighted by Crippen LogP contribution is -2.50. The van der Waals surface area contributed by atoms with Crippen LogP contribution in [-0.4, -0.2) is 39.2 Å². The van der Waals surface area contributed by atoms with Crippen molar-refractivity contribution in [3.8, 4) is 0 Å². The minimum atomic E-state index is -0.971. The van der Waals surface area contributed by atoms with Gasteiger partial charge in [0.05, 0.1) is 6.04 Å². The standard InChI is InChI=1S/C23H34N4O4/c1-4-19(29)24-16(14-22(2)9-5-6-10-22)17(28)15-23(11-7-12-23)20(30)21(31)25-18-8-13-27(3)26-18/h8,13,16H,4-7,9-12,14-15H2,1-3H3,(H,24,29)(H,25,26,31). The SMILES string of the molecule is CCC(=O)NC(CC1(C)CCCC1)C(=O)CC1(C(=O)C(=O)Nc2ccn(C)n2)CCC1. The van der Waals surface area contributed by atoms with Crippen molar-refractivity contribution in [1.82, 2.24) is 15.1 Å². The zero-order chi connectivity index (χ0) is 22.6. The number of hydrogen-bond donors (Lipinski definition) is 2. The van der Waals surface area contributed by atoms with Crippen molar-refractivity contribution >= 4 is 29.2 Å². The van der Waals surface area contributed by atoms with Crippen molar-refractivity contribution in [2.45, 2.75) is 84.1 Å². The fourth-order valence-electron chi connectivity index (χ4n) is 4.91. The van der Waals surface area contributed by atoms with Gasteiger partial charge in [-0.15, -0.1) is 0 Å². The number of anilines is 1. The van der Waals surface area contributed by atoms with Crippen molar-refractivity contribution in [1.29, 1.82) is 0 Å². The maximum Gasteiger partial charge on any atom is 0.293 e. The first-order valence-corrected chi connectivity index (χ1v) is 11.3. The molecule has 0 aliphatic heterocycles. The van der Waals surface area contributed by atoms with Crippen LogP contribution in [0.25, 0.3) is 0 Å². The van der Waals surface area contributed by atoms with E-state index in [1.165, 1.54) is 4.68 Å². The van der Waals surface area contributed by atoms with Crippen LogP contribution in [-0.2, 0) is 26.2 Å². The van der Waals surface area contributed by atoms with Gasteiger partial charge in [0.2, 0.25) is 11.7 Å². The maximum absolute atomic E-state index is 13.3.